The van der Waals surface area contributed by atoms with E-state index in [9.17, 15) is 4.91 Å². The Balaban J connectivity index is 2.55. The Morgan fingerprint density at radius 2 is 1.89 bits per heavy atom. The van der Waals surface area contributed by atoms with E-state index in [1.165, 1.54) is 0 Å². The van der Waals surface area contributed by atoms with Crippen LogP contribution in [0.5, 0.6) is 0 Å². The molecular weight excluding hydrogens is 236 g/mol. The molecule has 2 rings (SSSR count). The molecule has 0 spiro atoms. The Morgan fingerprint density at radius 3 is 2.58 bits per heavy atom. The molecule has 0 atom stereocenters. The van der Waals surface area contributed by atoms with Crippen LogP contribution in [0.15, 0.2) is 47.6 Å². The van der Waals surface area contributed by atoms with Crippen molar-refractivity contribution in [1.82, 2.24) is 0 Å². The largest absolute Gasteiger partial charge is 0.374 e. The molecule has 0 heterocycles. The quantitative estimate of drug-likeness (QED) is 0.752. The molecule has 19 heavy (non-hydrogen) atoms. The molecule has 2 aromatic rings. The van der Waals surface area contributed by atoms with Crippen LogP contribution in [0.4, 0.5) is 11.4 Å². The highest BCUT2D eigenvalue weighted by atomic mass is 16.3. The summed E-state index contributed by atoms with van der Waals surface area (Å²) in [5, 5.41) is 3.09. The molecule has 0 amide bonds. The second-order valence-corrected chi connectivity index (χ2v) is 4.62. The van der Waals surface area contributed by atoms with E-state index in [2.05, 4.69) is 36.2 Å². The first-order valence-electron chi connectivity index (χ1n) is 6.42. The Hall–Kier alpha value is -2.16. The van der Waals surface area contributed by atoms with Gasteiger partial charge in [-0.25, -0.2) is 0 Å². The lowest BCUT2D eigenvalue weighted by atomic mass is 10.0. The summed E-state index contributed by atoms with van der Waals surface area (Å²) in [6.45, 7) is 4.94. The number of aryl methyl sites for hydroxylation is 1. The SMILES string of the molecule is CCN(C)c1ccccc1-c1ccc(C)c(N=O)c1. The smallest absolute Gasteiger partial charge is 0.111 e. The summed E-state index contributed by atoms with van der Waals surface area (Å²) in [7, 11) is 2.06. The lowest BCUT2D eigenvalue weighted by molar-refractivity contribution is 0.969. The van der Waals surface area contributed by atoms with Crippen molar-refractivity contribution in [3.63, 3.8) is 0 Å². The summed E-state index contributed by atoms with van der Waals surface area (Å²) in [5.41, 5.74) is 4.71. The van der Waals surface area contributed by atoms with Crippen LogP contribution in [0.3, 0.4) is 0 Å². The molecule has 0 aromatic heterocycles. The normalized spacial score (nSPS) is 10.3. The van der Waals surface area contributed by atoms with Crippen molar-refractivity contribution in [2.24, 2.45) is 5.18 Å². The number of rotatable bonds is 4. The van der Waals surface area contributed by atoms with E-state index in [-0.39, 0.29) is 0 Å². The van der Waals surface area contributed by atoms with E-state index in [1.807, 2.05) is 37.3 Å². The highest BCUT2D eigenvalue weighted by Crippen LogP contribution is 2.33. The van der Waals surface area contributed by atoms with Gasteiger partial charge in [0.25, 0.3) is 0 Å². The maximum absolute atomic E-state index is 10.8. The molecular formula is C16H18N2O. The summed E-state index contributed by atoms with van der Waals surface area (Å²) in [4.78, 5) is 13.0. The molecule has 2 aromatic carbocycles. The van der Waals surface area contributed by atoms with Gasteiger partial charge in [0.2, 0.25) is 0 Å². The van der Waals surface area contributed by atoms with Gasteiger partial charge in [-0.3, -0.25) is 0 Å². The molecule has 0 N–H and O–H groups in total. The van der Waals surface area contributed by atoms with Crippen LogP contribution >= 0.6 is 0 Å². The minimum atomic E-state index is 0.506. The van der Waals surface area contributed by atoms with Gasteiger partial charge in [0.05, 0.1) is 0 Å². The first kappa shape index (κ1) is 13.3. The third-order valence-electron chi connectivity index (χ3n) is 3.41. The summed E-state index contributed by atoms with van der Waals surface area (Å²) < 4.78 is 0. The fraction of sp³-hybridized carbons (Fsp3) is 0.250. The van der Waals surface area contributed by atoms with Gasteiger partial charge in [0, 0.05) is 24.8 Å². The molecule has 0 aliphatic carbocycles. The second kappa shape index (κ2) is 5.65. The van der Waals surface area contributed by atoms with Gasteiger partial charge in [-0.15, -0.1) is 4.91 Å². The van der Waals surface area contributed by atoms with Crippen LogP contribution in [-0.4, -0.2) is 13.6 Å². The van der Waals surface area contributed by atoms with Crippen molar-refractivity contribution in [2.75, 3.05) is 18.5 Å². The van der Waals surface area contributed by atoms with E-state index in [0.717, 1.165) is 28.9 Å². The third-order valence-corrected chi connectivity index (χ3v) is 3.41. The first-order valence-corrected chi connectivity index (χ1v) is 6.42. The van der Waals surface area contributed by atoms with Crippen molar-refractivity contribution < 1.29 is 0 Å². The Kier molecular flexibility index (Phi) is 3.95. The van der Waals surface area contributed by atoms with Gasteiger partial charge < -0.3 is 4.90 Å². The number of nitroso groups, excluding NO2 is 1. The van der Waals surface area contributed by atoms with Crippen molar-refractivity contribution in [1.29, 1.82) is 0 Å². The second-order valence-electron chi connectivity index (χ2n) is 4.62. The van der Waals surface area contributed by atoms with Crippen molar-refractivity contribution in [3.8, 4) is 11.1 Å². The Bertz CT molecular complexity index is 593. The van der Waals surface area contributed by atoms with Crippen molar-refractivity contribution in [2.45, 2.75) is 13.8 Å². The van der Waals surface area contributed by atoms with E-state index in [4.69, 9.17) is 0 Å². The predicted molar refractivity (Wildman–Crippen MR) is 81.0 cm³/mol. The predicted octanol–water partition coefficient (Wildman–Crippen LogP) is 4.52. The maximum atomic E-state index is 10.8. The molecule has 0 fully saturated rings. The summed E-state index contributed by atoms with van der Waals surface area (Å²) in [6, 6.07) is 14.0. The zero-order chi connectivity index (χ0) is 13.8. The fourth-order valence-electron chi connectivity index (χ4n) is 2.10. The number of nitrogens with zero attached hydrogens (tertiary/aromatic N) is 2. The molecule has 0 aliphatic heterocycles. The van der Waals surface area contributed by atoms with E-state index < -0.39 is 0 Å². The topological polar surface area (TPSA) is 32.7 Å². The Morgan fingerprint density at radius 1 is 1.16 bits per heavy atom. The van der Waals surface area contributed by atoms with Crippen molar-refractivity contribution in [3.05, 3.63) is 52.9 Å². The van der Waals surface area contributed by atoms with Gasteiger partial charge >= 0.3 is 0 Å². The highest BCUT2D eigenvalue weighted by Gasteiger charge is 2.09. The number of anilines is 1. The Labute approximate surface area is 113 Å². The van der Waals surface area contributed by atoms with Gasteiger partial charge in [0.1, 0.15) is 5.69 Å². The summed E-state index contributed by atoms with van der Waals surface area (Å²) >= 11 is 0. The zero-order valence-corrected chi connectivity index (χ0v) is 11.6. The average molecular weight is 254 g/mol. The van der Waals surface area contributed by atoms with Gasteiger partial charge in [-0.05, 0) is 42.3 Å². The molecule has 0 unspecified atom stereocenters. The van der Waals surface area contributed by atoms with Gasteiger partial charge in [0.15, 0.2) is 0 Å². The maximum Gasteiger partial charge on any atom is 0.111 e. The molecule has 3 nitrogen and oxygen atoms in total. The van der Waals surface area contributed by atoms with Gasteiger partial charge in [-0.2, -0.15) is 0 Å². The van der Waals surface area contributed by atoms with Gasteiger partial charge in [-0.1, -0.05) is 30.3 Å². The lowest BCUT2D eigenvalue weighted by Gasteiger charge is -2.21. The lowest BCUT2D eigenvalue weighted by Crippen LogP contribution is -2.16. The zero-order valence-electron chi connectivity index (χ0n) is 11.6. The van der Waals surface area contributed by atoms with E-state index in [0.29, 0.717) is 5.69 Å². The standard InChI is InChI=1S/C16H18N2O/c1-4-18(3)16-8-6-5-7-14(16)13-10-9-12(2)15(11-13)17-19/h5-11H,4H2,1-3H3. The van der Waals surface area contributed by atoms with E-state index in [1.54, 1.807) is 0 Å². The third kappa shape index (κ3) is 2.65. The van der Waals surface area contributed by atoms with Crippen LogP contribution in [0.1, 0.15) is 12.5 Å². The number of hydrogen-bond donors (Lipinski definition) is 0. The molecule has 0 aliphatic rings. The minimum Gasteiger partial charge on any atom is -0.374 e. The molecule has 98 valence electrons. The summed E-state index contributed by atoms with van der Waals surface area (Å²) in [6.07, 6.45) is 0. The monoisotopic (exact) mass is 254 g/mol. The highest BCUT2D eigenvalue weighted by molar-refractivity contribution is 5.80. The van der Waals surface area contributed by atoms with Crippen LogP contribution in [0.2, 0.25) is 0 Å². The first-order chi connectivity index (χ1) is 9.17. The van der Waals surface area contributed by atoms with Crippen molar-refractivity contribution >= 4 is 11.4 Å². The average Bonchev–Trinajstić information content (AvgIpc) is 2.47. The fourth-order valence-corrected chi connectivity index (χ4v) is 2.10. The molecule has 0 saturated heterocycles. The number of benzene rings is 2. The van der Waals surface area contributed by atoms with Crippen LogP contribution < -0.4 is 4.90 Å². The number of para-hydroxylation sites is 1. The van der Waals surface area contributed by atoms with Crippen LogP contribution in [0, 0.1) is 11.8 Å². The molecule has 0 saturated carbocycles. The minimum absolute atomic E-state index is 0.506. The number of hydrogen-bond acceptors (Lipinski definition) is 3. The molecule has 3 heteroatoms. The van der Waals surface area contributed by atoms with Crippen LogP contribution in [-0.2, 0) is 0 Å². The summed E-state index contributed by atoms with van der Waals surface area (Å²) in [5.74, 6) is 0. The molecule has 0 bridgehead atoms. The van der Waals surface area contributed by atoms with E-state index >= 15 is 0 Å². The van der Waals surface area contributed by atoms with Crippen LogP contribution in [0.25, 0.3) is 11.1 Å². The molecule has 0 radical (unpaired) electrons.